The van der Waals surface area contributed by atoms with E-state index in [1.165, 1.54) is 6.92 Å². The van der Waals surface area contributed by atoms with Crippen molar-refractivity contribution < 1.29 is 29.6 Å². The van der Waals surface area contributed by atoms with E-state index in [2.05, 4.69) is 4.74 Å². The zero-order chi connectivity index (χ0) is 10.0. The molecule has 1 aliphatic heterocycles. The SMILES string of the molecule is C[C@@H]1O[C@H](OC=O)[C@@H](O)[C@H](O)[C@H]1O. The minimum absolute atomic E-state index is 0.116. The normalized spacial score (nSPS) is 45.7. The first kappa shape index (κ1) is 10.4. The van der Waals surface area contributed by atoms with Crippen molar-refractivity contribution in [1.82, 2.24) is 0 Å². The molecule has 1 heterocycles. The summed E-state index contributed by atoms with van der Waals surface area (Å²) in [5.74, 6) is 0. The molecule has 0 unspecified atom stereocenters. The molecule has 1 fully saturated rings. The maximum Gasteiger partial charge on any atom is 0.295 e. The number of ether oxygens (including phenoxy) is 2. The van der Waals surface area contributed by atoms with Crippen LogP contribution < -0.4 is 0 Å². The van der Waals surface area contributed by atoms with Crippen molar-refractivity contribution in [3.63, 3.8) is 0 Å². The molecule has 0 bridgehead atoms. The predicted octanol–water partition coefficient (Wildman–Crippen LogP) is -2.01. The molecule has 76 valence electrons. The monoisotopic (exact) mass is 192 g/mol. The molecule has 3 N–H and O–H groups in total. The Kier molecular flexibility index (Phi) is 3.21. The lowest BCUT2D eigenvalue weighted by atomic mass is 10.0. The van der Waals surface area contributed by atoms with Crippen molar-refractivity contribution >= 4 is 6.47 Å². The van der Waals surface area contributed by atoms with Gasteiger partial charge in [0.25, 0.3) is 6.47 Å². The van der Waals surface area contributed by atoms with Crippen LogP contribution in [0.4, 0.5) is 0 Å². The first-order valence-corrected chi connectivity index (χ1v) is 3.86. The molecule has 6 nitrogen and oxygen atoms in total. The molecule has 13 heavy (non-hydrogen) atoms. The molecule has 0 aliphatic carbocycles. The van der Waals surface area contributed by atoms with Crippen LogP contribution in [0.1, 0.15) is 6.92 Å². The van der Waals surface area contributed by atoms with Gasteiger partial charge in [-0.1, -0.05) is 0 Å². The van der Waals surface area contributed by atoms with Gasteiger partial charge in [0.2, 0.25) is 6.29 Å². The van der Waals surface area contributed by atoms with Gasteiger partial charge in [0.05, 0.1) is 6.10 Å². The molecule has 0 aromatic carbocycles. The molecule has 1 aliphatic rings. The highest BCUT2D eigenvalue weighted by Gasteiger charge is 2.42. The Labute approximate surface area is 74.7 Å². The average Bonchev–Trinajstić information content (AvgIpc) is 2.11. The van der Waals surface area contributed by atoms with E-state index in [4.69, 9.17) is 4.74 Å². The Balaban J connectivity index is 2.64. The fraction of sp³-hybridized carbons (Fsp3) is 0.857. The van der Waals surface area contributed by atoms with E-state index < -0.39 is 30.7 Å². The van der Waals surface area contributed by atoms with Gasteiger partial charge in [0.1, 0.15) is 18.3 Å². The van der Waals surface area contributed by atoms with Crippen LogP contribution >= 0.6 is 0 Å². The minimum Gasteiger partial charge on any atom is -0.435 e. The minimum atomic E-state index is -1.42. The Bertz CT molecular complexity index is 184. The van der Waals surface area contributed by atoms with Crippen molar-refractivity contribution in [2.45, 2.75) is 37.6 Å². The van der Waals surface area contributed by atoms with Crippen LogP contribution in [0.25, 0.3) is 0 Å². The quantitative estimate of drug-likeness (QED) is 0.437. The Morgan fingerprint density at radius 1 is 1.23 bits per heavy atom. The van der Waals surface area contributed by atoms with Crippen molar-refractivity contribution in [2.75, 3.05) is 0 Å². The lowest BCUT2D eigenvalue weighted by molar-refractivity contribution is -0.280. The number of carbonyl (C=O) groups is 1. The summed E-state index contributed by atoms with van der Waals surface area (Å²) >= 11 is 0. The number of aliphatic hydroxyl groups is 3. The molecular weight excluding hydrogens is 180 g/mol. The molecule has 0 amide bonds. The van der Waals surface area contributed by atoms with E-state index in [0.717, 1.165) is 0 Å². The molecule has 0 radical (unpaired) electrons. The third-order valence-electron chi connectivity index (χ3n) is 2.00. The summed E-state index contributed by atoms with van der Waals surface area (Å²) in [5, 5.41) is 27.7. The van der Waals surface area contributed by atoms with E-state index in [1.54, 1.807) is 0 Å². The Morgan fingerprint density at radius 2 is 1.85 bits per heavy atom. The summed E-state index contributed by atoms with van der Waals surface area (Å²) in [6.07, 6.45) is -5.87. The van der Waals surface area contributed by atoms with Crippen LogP contribution in [0, 0.1) is 0 Å². The average molecular weight is 192 g/mol. The summed E-state index contributed by atoms with van der Waals surface area (Å²) in [4.78, 5) is 9.96. The van der Waals surface area contributed by atoms with Gasteiger partial charge in [0, 0.05) is 0 Å². The maximum atomic E-state index is 9.96. The van der Waals surface area contributed by atoms with Gasteiger partial charge < -0.3 is 24.8 Å². The maximum absolute atomic E-state index is 9.96. The van der Waals surface area contributed by atoms with E-state index in [-0.39, 0.29) is 6.47 Å². The summed E-state index contributed by atoms with van der Waals surface area (Å²) in [7, 11) is 0. The molecule has 0 aromatic rings. The third-order valence-corrected chi connectivity index (χ3v) is 2.00. The Morgan fingerprint density at radius 3 is 2.38 bits per heavy atom. The third kappa shape index (κ3) is 1.97. The number of rotatable bonds is 2. The van der Waals surface area contributed by atoms with Crippen molar-refractivity contribution in [3.8, 4) is 0 Å². The van der Waals surface area contributed by atoms with E-state index in [9.17, 15) is 20.1 Å². The van der Waals surface area contributed by atoms with Crippen LogP contribution in [0.2, 0.25) is 0 Å². The number of carbonyl (C=O) groups excluding carboxylic acids is 1. The first-order valence-electron chi connectivity index (χ1n) is 3.86. The van der Waals surface area contributed by atoms with Gasteiger partial charge in [0.15, 0.2) is 0 Å². The number of aliphatic hydroxyl groups excluding tert-OH is 3. The van der Waals surface area contributed by atoms with Gasteiger partial charge >= 0.3 is 0 Å². The van der Waals surface area contributed by atoms with Gasteiger partial charge in [-0.3, -0.25) is 4.79 Å². The second-order valence-electron chi connectivity index (χ2n) is 2.91. The second-order valence-corrected chi connectivity index (χ2v) is 2.91. The molecule has 1 rings (SSSR count). The summed E-state index contributed by atoms with van der Waals surface area (Å²) in [5.41, 5.74) is 0. The predicted molar refractivity (Wildman–Crippen MR) is 39.5 cm³/mol. The molecule has 5 atom stereocenters. The summed E-state index contributed by atoms with van der Waals surface area (Å²) in [6.45, 7) is 1.62. The lowest BCUT2D eigenvalue weighted by Gasteiger charge is -2.37. The van der Waals surface area contributed by atoms with Gasteiger partial charge in [-0.15, -0.1) is 0 Å². The Hall–Kier alpha value is -0.690. The lowest BCUT2D eigenvalue weighted by Crippen LogP contribution is -2.57. The zero-order valence-corrected chi connectivity index (χ0v) is 7.03. The summed E-state index contributed by atoms with van der Waals surface area (Å²) in [6, 6.07) is 0. The smallest absolute Gasteiger partial charge is 0.295 e. The molecule has 1 saturated heterocycles. The van der Waals surface area contributed by atoms with Crippen molar-refractivity contribution in [3.05, 3.63) is 0 Å². The fourth-order valence-corrected chi connectivity index (χ4v) is 1.18. The topological polar surface area (TPSA) is 96.2 Å². The number of hydrogen-bond donors (Lipinski definition) is 3. The van der Waals surface area contributed by atoms with Crippen molar-refractivity contribution in [2.24, 2.45) is 0 Å². The highest BCUT2D eigenvalue weighted by Crippen LogP contribution is 2.20. The number of hydrogen-bond acceptors (Lipinski definition) is 6. The molecule has 0 spiro atoms. The largest absolute Gasteiger partial charge is 0.435 e. The van der Waals surface area contributed by atoms with Crippen LogP contribution in [0.3, 0.4) is 0 Å². The molecule has 0 aromatic heterocycles. The van der Waals surface area contributed by atoms with Gasteiger partial charge in [-0.25, -0.2) is 0 Å². The van der Waals surface area contributed by atoms with Gasteiger partial charge in [-0.05, 0) is 6.92 Å². The second kappa shape index (κ2) is 4.01. The van der Waals surface area contributed by atoms with Crippen molar-refractivity contribution in [1.29, 1.82) is 0 Å². The highest BCUT2D eigenvalue weighted by atomic mass is 16.7. The standard InChI is InChI=1S/C7H12O6/c1-3-4(9)5(10)6(11)7(13-3)12-2-8/h2-7,9-11H,1H3/t3-,4-,5+,6-,7-/m0/s1. The molecule has 0 saturated carbocycles. The zero-order valence-electron chi connectivity index (χ0n) is 7.03. The van der Waals surface area contributed by atoms with Crippen LogP contribution in [-0.2, 0) is 14.3 Å². The van der Waals surface area contributed by atoms with Crippen LogP contribution in [0.15, 0.2) is 0 Å². The van der Waals surface area contributed by atoms with E-state index >= 15 is 0 Å². The highest BCUT2D eigenvalue weighted by molar-refractivity contribution is 5.37. The van der Waals surface area contributed by atoms with Gasteiger partial charge in [-0.2, -0.15) is 0 Å². The first-order chi connectivity index (χ1) is 6.07. The molecular formula is C7H12O6. The molecule has 6 heteroatoms. The van der Waals surface area contributed by atoms with E-state index in [1.807, 2.05) is 0 Å². The van der Waals surface area contributed by atoms with Crippen LogP contribution in [0.5, 0.6) is 0 Å². The fourth-order valence-electron chi connectivity index (χ4n) is 1.18. The van der Waals surface area contributed by atoms with Crippen LogP contribution in [-0.4, -0.2) is 52.5 Å². The summed E-state index contributed by atoms with van der Waals surface area (Å²) < 4.78 is 9.27. The van der Waals surface area contributed by atoms with E-state index in [0.29, 0.717) is 0 Å².